The fourth-order valence-corrected chi connectivity index (χ4v) is 2.71. The van der Waals surface area contributed by atoms with Gasteiger partial charge in [0.15, 0.2) is 0 Å². The molecule has 2 aromatic rings. The van der Waals surface area contributed by atoms with E-state index in [1.807, 2.05) is 12.1 Å². The minimum absolute atomic E-state index is 0.0654. The standard InChI is InChI=1S/C16H17N3O/c17-12-8-9-18-15(10-12)16(20)19-14-7-3-5-11-4-1-2-6-13(11)14/h1-2,4,6,8-10,14H,3,5,7H2,(H2,17,18)(H,19,20). The summed E-state index contributed by atoms with van der Waals surface area (Å²) in [5.41, 5.74) is 9.15. The Balaban J connectivity index is 1.81. The topological polar surface area (TPSA) is 68.0 Å². The smallest absolute Gasteiger partial charge is 0.270 e. The number of amides is 1. The Morgan fingerprint density at radius 2 is 2.15 bits per heavy atom. The van der Waals surface area contributed by atoms with E-state index in [-0.39, 0.29) is 11.9 Å². The van der Waals surface area contributed by atoms with Crippen LogP contribution in [0.5, 0.6) is 0 Å². The third-order valence-corrected chi connectivity index (χ3v) is 3.69. The molecule has 0 spiro atoms. The average Bonchev–Trinajstić information content (AvgIpc) is 2.47. The van der Waals surface area contributed by atoms with Crippen LogP contribution in [0.3, 0.4) is 0 Å². The fraction of sp³-hybridized carbons (Fsp3) is 0.250. The molecule has 1 atom stereocenters. The van der Waals surface area contributed by atoms with Gasteiger partial charge in [0.05, 0.1) is 6.04 Å². The largest absolute Gasteiger partial charge is 0.399 e. The molecule has 1 heterocycles. The lowest BCUT2D eigenvalue weighted by molar-refractivity contribution is 0.0927. The minimum atomic E-state index is -0.168. The summed E-state index contributed by atoms with van der Waals surface area (Å²) in [6.45, 7) is 0. The van der Waals surface area contributed by atoms with Crippen molar-refractivity contribution in [3.63, 3.8) is 0 Å². The highest BCUT2D eigenvalue weighted by atomic mass is 16.1. The van der Waals surface area contributed by atoms with Gasteiger partial charge in [-0.15, -0.1) is 0 Å². The maximum atomic E-state index is 12.2. The molecule has 0 bridgehead atoms. The zero-order chi connectivity index (χ0) is 13.9. The molecule has 1 aromatic carbocycles. The Bertz CT molecular complexity index is 639. The minimum Gasteiger partial charge on any atom is -0.399 e. The normalized spacial score (nSPS) is 17.3. The van der Waals surface area contributed by atoms with Gasteiger partial charge in [0.1, 0.15) is 5.69 Å². The number of carbonyl (C=O) groups is 1. The summed E-state index contributed by atoms with van der Waals surface area (Å²) < 4.78 is 0. The number of nitrogens with zero attached hydrogens (tertiary/aromatic N) is 1. The molecule has 1 aromatic heterocycles. The first-order chi connectivity index (χ1) is 9.74. The molecule has 0 saturated heterocycles. The Hall–Kier alpha value is -2.36. The van der Waals surface area contributed by atoms with Crippen molar-refractivity contribution in [1.29, 1.82) is 0 Å². The predicted molar refractivity (Wildman–Crippen MR) is 78.2 cm³/mol. The number of aromatic nitrogens is 1. The number of fused-ring (bicyclic) bond motifs is 1. The molecule has 102 valence electrons. The molecule has 0 radical (unpaired) electrons. The Kier molecular flexibility index (Phi) is 3.37. The highest BCUT2D eigenvalue weighted by Crippen LogP contribution is 2.29. The highest BCUT2D eigenvalue weighted by molar-refractivity contribution is 5.93. The van der Waals surface area contributed by atoms with Crippen LogP contribution >= 0.6 is 0 Å². The average molecular weight is 267 g/mol. The number of nitrogens with one attached hydrogen (secondary N) is 1. The van der Waals surface area contributed by atoms with Crippen LogP contribution in [-0.2, 0) is 6.42 Å². The molecule has 0 saturated carbocycles. The second-order valence-electron chi connectivity index (χ2n) is 5.09. The van der Waals surface area contributed by atoms with Crippen LogP contribution in [0.2, 0.25) is 0 Å². The van der Waals surface area contributed by atoms with Crippen LogP contribution in [0.25, 0.3) is 0 Å². The third kappa shape index (κ3) is 2.50. The first kappa shape index (κ1) is 12.7. The molecule has 1 aliphatic carbocycles. The van der Waals surface area contributed by atoms with Crippen LogP contribution in [0.1, 0.15) is 40.5 Å². The number of rotatable bonds is 2. The number of pyridine rings is 1. The molecule has 1 aliphatic rings. The van der Waals surface area contributed by atoms with E-state index in [1.54, 1.807) is 18.3 Å². The molecule has 3 N–H and O–H groups in total. The quantitative estimate of drug-likeness (QED) is 0.878. The van der Waals surface area contributed by atoms with E-state index in [9.17, 15) is 4.79 Å². The summed E-state index contributed by atoms with van der Waals surface area (Å²) in [5.74, 6) is -0.168. The van der Waals surface area contributed by atoms with Crippen molar-refractivity contribution in [2.45, 2.75) is 25.3 Å². The van der Waals surface area contributed by atoms with Gasteiger partial charge in [-0.3, -0.25) is 9.78 Å². The van der Waals surface area contributed by atoms with Gasteiger partial charge in [-0.05, 0) is 42.5 Å². The predicted octanol–water partition coefficient (Wildman–Crippen LogP) is 2.47. The molecule has 4 heteroatoms. The number of aryl methyl sites for hydroxylation is 1. The van der Waals surface area contributed by atoms with E-state index in [2.05, 4.69) is 22.4 Å². The zero-order valence-electron chi connectivity index (χ0n) is 11.2. The van der Waals surface area contributed by atoms with E-state index in [1.165, 1.54) is 11.1 Å². The number of anilines is 1. The van der Waals surface area contributed by atoms with E-state index in [4.69, 9.17) is 5.73 Å². The number of nitrogens with two attached hydrogens (primary N) is 1. The van der Waals surface area contributed by atoms with Crippen molar-refractivity contribution in [2.75, 3.05) is 5.73 Å². The Morgan fingerprint density at radius 3 is 3.00 bits per heavy atom. The van der Waals surface area contributed by atoms with Gasteiger partial charge in [0.25, 0.3) is 5.91 Å². The van der Waals surface area contributed by atoms with Crippen molar-refractivity contribution in [3.05, 3.63) is 59.4 Å². The maximum absolute atomic E-state index is 12.2. The van der Waals surface area contributed by atoms with Gasteiger partial charge in [-0.1, -0.05) is 24.3 Å². The van der Waals surface area contributed by atoms with E-state index in [0.717, 1.165) is 19.3 Å². The number of nitrogen functional groups attached to an aromatic ring is 1. The van der Waals surface area contributed by atoms with Crippen molar-refractivity contribution in [2.24, 2.45) is 0 Å². The summed E-state index contributed by atoms with van der Waals surface area (Å²) in [6, 6.07) is 11.6. The molecule has 3 rings (SSSR count). The van der Waals surface area contributed by atoms with Crippen LogP contribution in [0.15, 0.2) is 42.6 Å². The highest BCUT2D eigenvalue weighted by Gasteiger charge is 2.22. The summed E-state index contributed by atoms with van der Waals surface area (Å²) in [5, 5.41) is 3.06. The van der Waals surface area contributed by atoms with Gasteiger partial charge in [0, 0.05) is 11.9 Å². The van der Waals surface area contributed by atoms with Gasteiger partial charge < -0.3 is 11.1 Å². The zero-order valence-corrected chi connectivity index (χ0v) is 11.2. The van der Waals surface area contributed by atoms with E-state index in [0.29, 0.717) is 11.4 Å². The Labute approximate surface area is 118 Å². The lowest BCUT2D eigenvalue weighted by Crippen LogP contribution is -2.31. The first-order valence-electron chi connectivity index (χ1n) is 6.84. The van der Waals surface area contributed by atoms with Gasteiger partial charge in [0.2, 0.25) is 0 Å². The molecule has 20 heavy (non-hydrogen) atoms. The Morgan fingerprint density at radius 1 is 1.30 bits per heavy atom. The van der Waals surface area contributed by atoms with Crippen LogP contribution in [0.4, 0.5) is 5.69 Å². The van der Waals surface area contributed by atoms with Gasteiger partial charge in [-0.25, -0.2) is 0 Å². The first-order valence-corrected chi connectivity index (χ1v) is 6.84. The number of carbonyl (C=O) groups excluding carboxylic acids is 1. The molecule has 1 amide bonds. The number of benzene rings is 1. The monoisotopic (exact) mass is 267 g/mol. The lowest BCUT2D eigenvalue weighted by atomic mass is 9.87. The van der Waals surface area contributed by atoms with Crippen LogP contribution < -0.4 is 11.1 Å². The van der Waals surface area contributed by atoms with E-state index >= 15 is 0 Å². The van der Waals surface area contributed by atoms with Crippen molar-refractivity contribution < 1.29 is 4.79 Å². The van der Waals surface area contributed by atoms with Crippen LogP contribution in [0, 0.1) is 0 Å². The fourth-order valence-electron chi connectivity index (χ4n) is 2.71. The van der Waals surface area contributed by atoms with Crippen molar-refractivity contribution >= 4 is 11.6 Å². The maximum Gasteiger partial charge on any atom is 0.270 e. The van der Waals surface area contributed by atoms with Crippen LogP contribution in [-0.4, -0.2) is 10.9 Å². The number of hydrogen-bond acceptors (Lipinski definition) is 3. The summed E-state index contributed by atoms with van der Waals surface area (Å²) in [7, 11) is 0. The molecule has 4 nitrogen and oxygen atoms in total. The molecular formula is C16H17N3O. The number of hydrogen-bond donors (Lipinski definition) is 2. The summed E-state index contributed by atoms with van der Waals surface area (Å²) >= 11 is 0. The third-order valence-electron chi connectivity index (χ3n) is 3.69. The second kappa shape index (κ2) is 5.33. The molecule has 1 unspecified atom stereocenters. The summed E-state index contributed by atoms with van der Waals surface area (Å²) in [4.78, 5) is 16.3. The molecule has 0 fully saturated rings. The summed E-state index contributed by atoms with van der Waals surface area (Å²) in [6.07, 6.45) is 4.69. The molecule has 0 aliphatic heterocycles. The van der Waals surface area contributed by atoms with E-state index < -0.39 is 0 Å². The lowest BCUT2D eigenvalue weighted by Gasteiger charge is -2.26. The SMILES string of the molecule is Nc1ccnc(C(=O)NC2CCCc3ccccc32)c1. The molecular weight excluding hydrogens is 250 g/mol. The van der Waals surface area contributed by atoms with Crippen molar-refractivity contribution in [1.82, 2.24) is 10.3 Å². The van der Waals surface area contributed by atoms with Gasteiger partial charge >= 0.3 is 0 Å². The van der Waals surface area contributed by atoms with Crippen molar-refractivity contribution in [3.8, 4) is 0 Å². The second-order valence-corrected chi connectivity index (χ2v) is 5.09. The van der Waals surface area contributed by atoms with Gasteiger partial charge in [-0.2, -0.15) is 0 Å².